The number of rotatable bonds is 2. The summed E-state index contributed by atoms with van der Waals surface area (Å²) in [6, 6.07) is 4.82. The number of aliphatic carboxylic acids is 1. The topological polar surface area (TPSA) is 57.5 Å². The number of hydrogen-bond acceptors (Lipinski definition) is 2. The third-order valence-corrected chi connectivity index (χ3v) is 3.66. The largest absolute Gasteiger partial charge is 0.508 e. The highest BCUT2D eigenvalue weighted by Crippen LogP contribution is 2.65. The predicted octanol–water partition coefficient (Wildman–Crippen LogP) is 2.87. The number of hydrogen-bond donors (Lipinski definition) is 2. The molecule has 3 nitrogen and oxygen atoms in total. The van der Waals surface area contributed by atoms with Crippen LogP contribution in [0.25, 0.3) is 0 Å². The molecule has 0 spiro atoms. The highest BCUT2D eigenvalue weighted by Gasteiger charge is 2.63. The minimum Gasteiger partial charge on any atom is -0.508 e. The van der Waals surface area contributed by atoms with Crippen molar-refractivity contribution in [3.63, 3.8) is 0 Å². The van der Waals surface area contributed by atoms with E-state index in [1.165, 1.54) is 6.07 Å². The molecule has 1 fully saturated rings. The van der Waals surface area contributed by atoms with Crippen molar-refractivity contribution in [3.8, 4) is 5.75 Å². The van der Waals surface area contributed by atoms with Gasteiger partial charge in [-0.1, -0.05) is 31.5 Å². The summed E-state index contributed by atoms with van der Waals surface area (Å²) in [5.74, 6) is -1.31. The number of phenols is 1. The summed E-state index contributed by atoms with van der Waals surface area (Å²) in [5.41, 5.74) is 0.360. The number of aromatic hydroxyl groups is 1. The number of phenolic OH excluding ortho intramolecular Hbond substituents is 1. The maximum atomic E-state index is 11.0. The third kappa shape index (κ3) is 1.55. The molecule has 1 aliphatic rings. The molecule has 1 aromatic rings. The van der Waals surface area contributed by atoms with E-state index in [-0.39, 0.29) is 17.1 Å². The van der Waals surface area contributed by atoms with E-state index < -0.39 is 11.9 Å². The molecular weight excluding hydrogens is 228 g/mol. The van der Waals surface area contributed by atoms with Gasteiger partial charge in [0, 0.05) is 10.9 Å². The average molecular weight is 241 g/mol. The van der Waals surface area contributed by atoms with Gasteiger partial charge in [-0.25, -0.2) is 0 Å². The second-order valence-corrected chi connectivity index (χ2v) is 5.25. The van der Waals surface area contributed by atoms with Gasteiger partial charge < -0.3 is 10.2 Å². The van der Waals surface area contributed by atoms with Gasteiger partial charge in [0.15, 0.2) is 0 Å². The molecule has 2 atom stereocenters. The van der Waals surface area contributed by atoms with E-state index in [9.17, 15) is 9.90 Å². The van der Waals surface area contributed by atoms with Crippen LogP contribution >= 0.6 is 11.6 Å². The number of carboxylic acid groups (broad SMARTS) is 1. The minimum atomic E-state index is -0.815. The Morgan fingerprint density at radius 3 is 2.50 bits per heavy atom. The van der Waals surface area contributed by atoms with E-state index in [2.05, 4.69) is 0 Å². The molecule has 0 bridgehead atoms. The zero-order chi connectivity index (χ0) is 12.1. The SMILES string of the molecule is CC1(C)[C@H](C(=O)O)[C@H]1c1ccc(Cl)cc1O. The standard InChI is InChI=1S/C12H13ClO3/c1-12(2)9(10(12)11(15)16)7-4-3-6(13)5-8(7)14/h3-5,9-10,14H,1-2H3,(H,15,16)/t9-,10+/m1/s1. The van der Waals surface area contributed by atoms with Crippen molar-refractivity contribution < 1.29 is 15.0 Å². The van der Waals surface area contributed by atoms with Crippen molar-refractivity contribution in [3.05, 3.63) is 28.8 Å². The van der Waals surface area contributed by atoms with Crippen molar-refractivity contribution in [2.75, 3.05) is 0 Å². The first kappa shape index (κ1) is 11.3. The van der Waals surface area contributed by atoms with E-state index in [0.29, 0.717) is 10.6 Å². The lowest BCUT2D eigenvalue weighted by Gasteiger charge is -2.05. The highest BCUT2D eigenvalue weighted by atomic mass is 35.5. The summed E-state index contributed by atoms with van der Waals surface area (Å²) in [6.45, 7) is 3.79. The highest BCUT2D eigenvalue weighted by molar-refractivity contribution is 6.30. The van der Waals surface area contributed by atoms with Gasteiger partial charge in [-0.15, -0.1) is 0 Å². The van der Waals surface area contributed by atoms with Crippen molar-refractivity contribution in [1.82, 2.24) is 0 Å². The molecule has 0 heterocycles. The van der Waals surface area contributed by atoms with Crippen LogP contribution < -0.4 is 0 Å². The zero-order valence-corrected chi connectivity index (χ0v) is 9.82. The van der Waals surface area contributed by atoms with Gasteiger partial charge in [0.25, 0.3) is 0 Å². The monoisotopic (exact) mass is 240 g/mol. The Kier molecular flexibility index (Phi) is 2.39. The molecule has 0 radical (unpaired) electrons. The molecule has 1 aromatic carbocycles. The molecule has 0 unspecified atom stereocenters. The molecule has 2 rings (SSSR count). The first-order valence-corrected chi connectivity index (χ1v) is 5.44. The molecule has 0 aliphatic heterocycles. The van der Waals surface area contributed by atoms with Crippen LogP contribution in [-0.4, -0.2) is 16.2 Å². The van der Waals surface area contributed by atoms with Gasteiger partial charge in [0.2, 0.25) is 0 Å². The first-order valence-electron chi connectivity index (χ1n) is 5.07. The van der Waals surface area contributed by atoms with Gasteiger partial charge in [-0.2, -0.15) is 0 Å². The smallest absolute Gasteiger partial charge is 0.307 e. The lowest BCUT2D eigenvalue weighted by molar-refractivity contribution is -0.139. The van der Waals surface area contributed by atoms with Gasteiger partial charge in [0.1, 0.15) is 5.75 Å². The van der Waals surface area contributed by atoms with Crippen LogP contribution in [0, 0.1) is 11.3 Å². The lowest BCUT2D eigenvalue weighted by Crippen LogP contribution is -2.03. The Morgan fingerprint density at radius 1 is 1.44 bits per heavy atom. The lowest BCUT2D eigenvalue weighted by atomic mass is 10.0. The summed E-state index contributed by atoms with van der Waals surface area (Å²) in [6.07, 6.45) is 0. The quantitative estimate of drug-likeness (QED) is 0.836. The second kappa shape index (κ2) is 3.39. The van der Waals surface area contributed by atoms with Crippen LogP contribution in [0.4, 0.5) is 0 Å². The molecule has 0 aromatic heterocycles. The molecule has 1 aliphatic carbocycles. The maximum Gasteiger partial charge on any atom is 0.307 e. The Labute approximate surface area is 98.7 Å². The minimum absolute atomic E-state index is 0.0781. The van der Waals surface area contributed by atoms with Crippen molar-refractivity contribution >= 4 is 17.6 Å². The molecule has 1 saturated carbocycles. The van der Waals surface area contributed by atoms with Gasteiger partial charge >= 0.3 is 5.97 Å². The summed E-state index contributed by atoms with van der Waals surface area (Å²) in [4.78, 5) is 11.0. The normalized spacial score (nSPS) is 26.4. The number of carbonyl (C=O) groups is 1. The van der Waals surface area contributed by atoms with E-state index in [1.807, 2.05) is 13.8 Å². The summed E-state index contributed by atoms with van der Waals surface area (Å²) in [7, 11) is 0. The Morgan fingerprint density at radius 2 is 2.06 bits per heavy atom. The van der Waals surface area contributed by atoms with Crippen LogP contribution in [0.5, 0.6) is 5.75 Å². The van der Waals surface area contributed by atoms with Crippen molar-refractivity contribution in [2.45, 2.75) is 19.8 Å². The fourth-order valence-electron chi connectivity index (χ4n) is 2.46. The van der Waals surface area contributed by atoms with E-state index in [4.69, 9.17) is 16.7 Å². The fourth-order valence-corrected chi connectivity index (χ4v) is 2.63. The predicted molar refractivity (Wildman–Crippen MR) is 60.8 cm³/mol. The van der Waals surface area contributed by atoms with Crippen LogP contribution in [0.1, 0.15) is 25.3 Å². The third-order valence-electron chi connectivity index (χ3n) is 3.42. The van der Waals surface area contributed by atoms with E-state index >= 15 is 0 Å². The van der Waals surface area contributed by atoms with Gasteiger partial charge in [-0.3, -0.25) is 4.79 Å². The summed E-state index contributed by atoms with van der Waals surface area (Å²) in [5, 5.41) is 19.3. The van der Waals surface area contributed by atoms with Gasteiger partial charge in [0.05, 0.1) is 5.92 Å². The Hall–Kier alpha value is -1.22. The molecule has 0 amide bonds. The number of halogens is 1. The van der Waals surface area contributed by atoms with Gasteiger partial charge in [-0.05, 0) is 23.1 Å². The van der Waals surface area contributed by atoms with E-state index in [1.54, 1.807) is 12.1 Å². The Bertz CT molecular complexity index is 454. The molecule has 86 valence electrons. The average Bonchev–Trinajstić information content (AvgIpc) is 2.69. The van der Waals surface area contributed by atoms with Crippen molar-refractivity contribution in [1.29, 1.82) is 0 Å². The zero-order valence-electron chi connectivity index (χ0n) is 9.07. The summed E-state index contributed by atoms with van der Waals surface area (Å²) < 4.78 is 0. The van der Waals surface area contributed by atoms with Crippen molar-refractivity contribution in [2.24, 2.45) is 11.3 Å². The van der Waals surface area contributed by atoms with Crippen LogP contribution in [0.2, 0.25) is 5.02 Å². The molecule has 2 N–H and O–H groups in total. The Balaban J connectivity index is 2.37. The molecule has 0 saturated heterocycles. The van der Waals surface area contributed by atoms with Crippen LogP contribution in [0.15, 0.2) is 18.2 Å². The molecule has 4 heteroatoms. The molecular formula is C12H13ClO3. The second-order valence-electron chi connectivity index (χ2n) is 4.82. The summed E-state index contributed by atoms with van der Waals surface area (Å²) >= 11 is 5.74. The van der Waals surface area contributed by atoms with Crippen LogP contribution in [0.3, 0.4) is 0 Å². The van der Waals surface area contributed by atoms with Crippen LogP contribution in [-0.2, 0) is 4.79 Å². The fraction of sp³-hybridized carbons (Fsp3) is 0.417. The first-order chi connectivity index (χ1) is 7.35. The number of benzene rings is 1. The van der Waals surface area contributed by atoms with E-state index in [0.717, 1.165) is 0 Å². The molecule has 16 heavy (non-hydrogen) atoms. The number of carboxylic acids is 1. The maximum absolute atomic E-state index is 11.0.